The average molecular weight is 306 g/mol. The number of rotatable bonds is 6. The Labute approximate surface area is 131 Å². The van der Waals surface area contributed by atoms with Gasteiger partial charge in [0.1, 0.15) is 6.54 Å². The Kier molecular flexibility index (Phi) is 5.95. The van der Waals surface area contributed by atoms with Crippen LogP contribution in [-0.4, -0.2) is 37.2 Å². The quantitative estimate of drug-likeness (QED) is 0.787. The predicted octanol–water partition coefficient (Wildman–Crippen LogP) is 0.729. The molecule has 1 aromatic rings. The van der Waals surface area contributed by atoms with Crippen molar-refractivity contribution in [3.8, 4) is 0 Å². The maximum absolute atomic E-state index is 12.2. The van der Waals surface area contributed by atoms with Gasteiger partial charge in [0, 0.05) is 18.4 Å². The molecule has 22 heavy (non-hydrogen) atoms. The minimum atomic E-state index is -0.297. The zero-order valence-electron chi connectivity index (χ0n) is 13.2. The maximum Gasteiger partial charge on any atom is 0.364 e. The lowest BCUT2D eigenvalue weighted by Crippen LogP contribution is -3.17. The number of esters is 2. The highest BCUT2D eigenvalue weighted by molar-refractivity contribution is 5.78. The van der Waals surface area contributed by atoms with Gasteiger partial charge in [-0.2, -0.15) is 0 Å². The summed E-state index contributed by atoms with van der Waals surface area (Å²) < 4.78 is 10.3. The van der Waals surface area contributed by atoms with E-state index in [9.17, 15) is 9.59 Å². The molecule has 1 heterocycles. The van der Waals surface area contributed by atoms with Gasteiger partial charge in [-0.05, 0) is 13.8 Å². The van der Waals surface area contributed by atoms with Crippen LogP contribution in [0.5, 0.6) is 0 Å². The highest BCUT2D eigenvalue weighted by Gasteiger charge is 2.47. The third-order valence-electron chi connectivity index (χ3n) is 4.03. The second-order valence-electron chi connectivity index (χ2n) is 5.42. The normalized spacial score (nSPS) is 21.5. The van der Waals surface area contributed by atoms with E-state index >= 15 is 0 Å². The second-order valence-corrected chi connectivity index (χ2v) is 5.42. The summed E-state index contributed by atoms with van der Waals surface area (Å²) in [7, 11) is 0. The van der Waals surface area contributed by atoms with Crippen LogP contribution in [0.2, 0.25) is 0 Å². The van der Waals surface area contributed by atoms with Gasteiger partial charge in [0.2, 0.25) is 0 Å². The van der Waals surface area contributed by atoms with Crippen LogP contribution >= 0.6 is 0 Å². The van der Waals surface area contributed by atoms with Gasteiger partial charge >= 0.3 is 11.9 Å². The monoisotopic (exact) mass is 306 g/mol. The minimum absolute atomic E-state index is 0.222. The Morgan fingerprint density at radius 1 is 1.00 bits per heavy atom. The van der Waals surface area contributed by atoms with E-state index in [-0.39, 0.29) is 24.0 Å². The number of carbonyl (C=O) groups is 2. The lowest BCUT2D eigenvalue weighted by atomic mass is 10.2. The highest BCUT2D eigenvalue weighted by atomic mass is 16.5. The molecule has 0 aliphatic carbocycles. The van der Waals surface area contributed by atoms with Crippen molar-refractivity contribution in [1.29, 1.82) is 0 Å². The molecule has 5 heteroatoms. The fourth-order valence-corrected chi connectivity index (χ4v) is 3.05. The number of ether oxygens (including phenoxy) is 2. The van der Waals surface area contributed by atoms with Gasteiger partial charge in [0.05, 0.1) is 13.2 Å². The van der Waals surface area contributed by atoms with Crippen LogP contribution in [0.4, 0.5) is 0 Å². The molecule has 5 nitrogen and oxygen atoms in total. The maximum atomic E-state index is 12.2. The molecular weight excluding hydrogens is 282 g/mol. The standard InChI is InChI=1S/C17H23NO4/c1-3-21-16(19)14-10-11-15(17(20)22-4-2)18(14)12-13-8-6-5-7-9-13/h5-9,14-15H,3-4,10-12H2,1-2H3/p+1/t14-,15-/m0/s1. The van der Waals surface area contributed by atoms with E-state index < -0.39 is 0 Å². The fourth-order valence-electron chi connectivity index (χ4n) is 3.05. The van der Waals surface area contributed by atoms with Gasteiger partial charge in [-0.25, -0.2) is 9.59 Å². The number of hydrogen-bond acceptors (Lipinski definition) is 4. The molecule has 1 aliphatic heterocycles. The molecule has 0 saturated carbocycles. The summed E-state index contributed by atoms with van der Waals surface area (Å²) in [6.45, 7) is 4.93. The van der Waals surface area contributed by atoms with E-state index in [1.807, 2.05) is 30.3 Å². The first kappa shape index (κ1) is 16.5. The molecule has 0 aromatic heterocycles. The Balaban J connectivity index is 2.17. The molecular formula is C17H24NO4+. The lowest BCUT2D eigenvalue weighted by molar-refractivity contribution is -0.933. The first-order valence-electron chi connectivity index (χ1n) is 7.90. The Morgan fingerprint density at radius 2 is 1.50 bits per heavy atom. The van der Waals surface area contributed by atoms with Gasteiger partial charge in [-0.15, -0.1) is 0 Å². The van der Waals surface area contributed by atoms with E-state index in [0.717, 1.165) is 10.5 Å². The average Bonchev–Trinajstić information content (AvgIpc) is 2.92. The summed E-state index contributed by atoms with van der Waals surface area (Å²) in [5.74, 6) is -0.444. The van der Waals surface area contributed by atoms with E-state index in [1.165, 1.54) is 0 Å². The first-order chi connectivity index (χ1) is 10.7. The number of nitrogens with one attached hydrogen (secondary N) is 1. The third-order valence-corrected chi connectivity index (χ3v) is 4.03. The van der Waals surface area contributed by atoms with Gasteiger partial charge < -0.3 is 14.4 Å². The molecule has 1 aliphatic rings. The van der Waals surface area contributed by atoms with E-state index in [1.54, 1.807) is 13.8 Å². The van der Waals surface area contributed by atoms with Gasteiger partial charge in [0.15, 0.2) is 12.1 Å². The fraction of sp³-hybridized carbons (Fsp3) is 0.529. The van der Waals surface area contributed by atoms with Gasteiger partial charge in [0.25, 0.3) is 0 Å². The first-order valence-corrected chi connectivity index (χ1v) is 7.90. The molecule has 0 spiro atoms. The van der Waals surface area contributed by atoms with Gasteiger partial charge in [-0.3, -0.25) is 0 Å². The summed E-state index contributed by atoms with van der Waals surface area (Å²) in [6.07, 6.45) is 1.31. The van der Waals surface area contributed by atoms with Crippen molar-refractivity contribution in [3.63, 3.8) is 0 Å². The molecule has 1 fully saturated rings. The minimum Gasteiger partial charge on any atom is -0.462 e. The van der Waals surface area contributed by atoms with Crippen molar-refractivity contribution in [3.05, 3.63) is 35.9 Å². The molecule has 1 N–H and O–H groups in total. The predicted molar refractivity (Wildman–Crippen MR) is 81.2 cm³/mol. The smallest absolute Gasteiger partial charge is 0.364 e. The summed E-state index contributed by atoms with van der Waals surface area (Å²) in [4.78, 5) is 25.3. The van der Waals surface area contributed by atoms with Crippen molar-refractivity contribution >= 4 is 11.9 Å². The van der Waals surface area contributed by atoms with E-state index in [2.05, 4.69) is 0 Å². The zero-order chi connectivity index (χ0) is 15.9. The van der Waals surface area contributed by atoms with Crippen molar-refractivity contribution in [2.75, 3.05) is 13.2 Å². The van der Waals surface area contributed by atoms with E-state index in [4.69, 9.17) is 9.47 Å². The molecule has 1 saturated heterocycles. The van der Waals surface area contributed by atoms with Crippen molar-refractivity contribution in [2.24, 2.45) is 0 Å². The van der Waals surface area contributed by atoms with Gasteiger partial charge in [-0.1, -0.05) is 30.3 Å². The van der Waals surface area contributed by atoms with Crippen LogP contribution in [0.3, 0.4) is 0 Å². The summed E-state index contributed by atoms with van der Waals surface area (Å²) >= 11 is 0. The number of carbonyl (C=O) groups excluding carboxylic acids is 2. The third kappa shape index (κ3) is 3.85. The lowest BCUT2D eigenvalue weighted by Gasteiger charge is -2.25. The Hall–Kier alpha value is -1.88. The summed E-state index contributed by atoms with van der Waals surface area (Å²) in [5, 5.41) is 0. The second kappa shape index (κ2) is 7.94. The molecule has 2 atom stereocenters. The SMILES string of the molecule is CCOC(=O)[C@@H]1CC[C@@H](C(=O)OCC)[NH+]1Cc1ccccc1. The number of quaternary nitrogens is 1. The van der Waals surface area contributed by atoms with Crippen molar-refractivity contribution in [2.45, 2.75) is 45.3 Å². The molecule has 2 rings (SSSR count). The molecule has 0 unspecified atom stereocenters. The van der Waals surface area contributed by atoms with Crippen LogP contribution in [0.15, 0.2) is 30.3 Å². The molecule has 0 amide bonds. The van der Waals surface area contributed by atoms with Crippen LogP contribution in [0, 0.1) is 0 Å². The number of benzene rings is 1. The number of hydrogen-bond donors (Lipinski definition) is 1. The van der Waals surface area contributed by atoms with Crippen LogP contribution in [0.1, 0.15) is 32.3 Å². The van der Waals surface area contributed by atoms with Crippen LogP contribution in [0.25, 0.3) is 0 Å². The van der Waals surface area contributed by atoms with E-state index in [0.29, 0.717) is 32.6 Å². The zero-order valence-corrected chi connectivity index (χ0v) is 13.2. The van der Waals surface area contributed by atoms with Crippen molar-refractivity contribution < 1.29 is 24.0 Å². The molecule has 0 radical (unpaired) electrons. The molecule has 1 aromatic carbocycles. The Bertz CT molecular complexity index is 477. The summed E-state index contributed by atoms with van der Waals surface area (Å²) in [6, 6.07) is 9.30. The topological polar surface area (TPSA) is 57.0 Å². The summed E-state index contributed by atoms with van der Waals surface area (Å²) in [5.41, 5.74) is 1.10. The van der Waals surface area contributed by atoms with Crippen molar-refractivity contribution in [1.82, 2.24) is 0 Å². The number of likely N-dealkylation sites (tertiary alicyclic amines) is 1. The highest BCUT2D eigenvalue weighted by Crippen LogP contribution is 2.12. The van der Waals surface area contributed by atoms with Crippen LogP contribution in [-0.2, 0) is 25.6 Å². The molecule has 120 valence electrons. The Morgan fingerprint density at radius 3 is 1.95 bits per heavy atom. The van der Waals surface area contributed by atoms with Crippen LogP contribution < -0.4 is 4.90 Å². The molecule has 0 bridgehead atoms. The largest absolute Gasteiger partial charge is 0.462 e.